The lowest BCUT2D eigenvalue weighted by Gasteiger charge is -2.43. The summed E-state index contributed by atoms with van der Waals surface area (Å²) in [5.74, 6) is -0.646. The van der Waals surface area contributed by atoms with E-state index in [0.717, 1.165) is 10.6 Å². The Morgan fingerprint density at radius 1 is 1.03 bits per heavy atom. The van der Waals surface area contributed by atoms with E-state index in [1.807, 2.05) is 18.3 Å². The zero-order chi connectivity index (χ0) is 21.7. The van der Waals surface area contributed by atoms with E-state index in [1.54, 1.807) is 23.5 Å². The van der Waals surface area contributed by atoms with Gasteiger partial charge >= 0.3 is 5.97 Å². The van der Waals surface area contributed by atoms with Crippen LogP contribution in [0.2, 0.25) is 0 Å². The van der Waals surface area contributed by atoms with Gasteiger partial charge < -0.3 is 5.11 Å². The highest BCUT2D eigenvalue weighted by atomic mass is 32.1. The quantitative estimate of drug-likeness (QED) is 0.495. The van der Waals surface area contributed by atoms with E-state index in [-0.39, 0.29) is 16.7 Å². The minimum atomic E-state index is -0.908. The third-order valence-electron chi connectivity index (χ3n) is 6.67. The monoisotopic (exact) mass is 419 g/mol. The number of hydrogen-bond acceptors (Lipinski definition) is 3. The lowest BCUT2D eigenvalue weighted by atomic mass is 9.61. The van der Waals surface area contributed by atoms with Crippen molar-refractivity contribution >= 4 is 17.3 Å². The Morgan fingerprint density at radius 3 is 2.37 bits per heavy atom. The largest absolute Gasteiger partial charge is 0.478 e. The van der Waals surface area contributed by atoms with Crippen LogP contribution < -0.4 is 0 Å². The van der Waals surface area contributed by atoms with Crippen LogP contribution >= 0.6 is 11.3 Å². The first kappa shape index (κ1) is 20.8. The van der Waals surface area contributed by atoms with Crippen LogP contribution in [0.25, 0.3) is 10.6 Å². The highest BCUT2D eigenvalue weighted by Crippen LogP contribution is 2.49. The maximum atomic E-state index is 11.1. The minimum Gasteiger partial charge on any atom is -0.478 e. The molecule has 2 aromatic carbocycles. The number of hydrogen-bond donors (Lipinski definition) is 1. The number of thiazole rings is 1. The van der Waals surface area contributed by atoms with Gasteiger partial charge in [0, 0.05) is 22.6 Å². The first-order valence-electron chi connectivity index (χ1n) is 10.5. The van der Waals surface area contributed by atoms with Crippen LogP contribution in [0.3, 0.4) is 0 Å². The average molecular weight is 420 g/mol. The van der Waals surface area contributed by atoms with Crippen LogP contribution in [-0.2, 0) is 10.8 Å². The lowest BCUT2D eigenvalue weighted by molar-refractivity contribution is 0.0697. The van der Waals surface area contributed by atoms with Gasteiger partial charge in [-0.1, -0.05) is 65.0 Å². The molecule has 1 aliphatic carbocycles. The highest BCUT2D eigenvalue weighted by Gasteiger charge is 2.39. The normalized spacial score (nSPS) is 17.9. The predicted octanol–water partition coefficient (Wildman–Crippen LogP) is 7.01. The fraction of sp³-hybridized carbons (Fsp3) is 0.385. The van der Waals surface area contributed by atoms with Crippen molar-refractivity contribution in [2.24, 2.45) is 0 Å². The molecule has 4 heteroatoms. The maximum absolute atomic E-state index is 11.1. The molecule has 1 heterocycles. The first-order valence-corrected chi connectivity index (χ1v) is 11.4. The van der Waals surface area contributed by atoms with Crippen molar-refractivity contribution in [2.45, 2.75) is 64.2 Å². The van der Waals surface area contributed by atoms with Gasteiger partial charge in [0.2, 0.25) is 0 Å². The van der Waals surface area contributed by atoms with Gasteiger partial charge in [0.25, 0.3) is 0 Å². The van der Waals surface area contributed by atoms with Crippen molar-refractivity contribution in [2.75, 3.05) is 0 Å². The zero-order valence-electron chi connectivity index (χ0n) is 18.3. The number of aromatic nitrogens is 1. The van der Waals surface area contributed by atoms with E-state index in [4.69, 9.17) is 5.11 Å². The van der Waals surface area contributed by atoms with E-state index < -0.39 is 5.97 Å². The third-order valence-corrected chi connectivity index (χ3v) is 7.90. The van der Waals surface area contributed by atoms with Crippen molar-refractivity contribution < 1.29 is 9.90 Å². The molecule has 0 saturated carbocycles. The Balaban J connectivity index is 1.72. The van der Waals surface area contributed by atoms with Crippen molar-refractivity contribution in [3.63, 3.8) is 0 Å². The molecule has 30 heavy (non-hydrogen) atoms. The van der Waals surface area contributed by atoms with Crippen LogP contribution in [0, 0.1) is 0 Å². The van der Waals surface area contributed by atoms with Crippen LogP contribution in [0.4, 0.5) is 0 Å². The summed E-state index contributed by atoms with van der Waals surface area (Å²) in [4.78, 5) is 17.0. The summed E-state index contributed by atoms with van der Waals surface area (Å²) in [6.07, 6.45) is 4.39. The lowest BCUT2D eigenvalue weighted by Crippen LogP contribution is -2.35. The number of rotatable bonds is 4. The SMILES string of the molecule is CC(c1cnc(-c2ccc(C(=O)O)cc2)s1)c1cccc2c1C(C)(C)CCC2(C)C. The van der Waals surface area contributed by atoms with Crippen LogP contribution in [0.15, 0.2) is 48.7 Å². The van der Waals surface area contributed by atoms with Gasteiger partial charge in [0.1, 0.15) is 5.01 Å². The van der Waals surface area contributed by atoms with Crippen LogP contribution in [0.1, 0.15) is 85.3 Å². The summed E-state index contributed by atoms with van der Waals surface area (Å²) in [6.45, 7) is 11.7. The van der Waals surface area contributed by atoms with E-state index in [2.05, 4.69) is 57.8 Å². The number of benzene rings is 2. The molecule has 4 rings (SSSR count). The molecule has 0 spiro atoms. The van der Waals surface area contributed by atoms with E-state index in [9.17, 15) is 4.79 Å². The molecular weight excluding hydrogens is 390 g/mol. The summed E-state index contributed by atoms with van der Waals surface area (Å²) >= 11 is 1.70. The summed E-state index contributed by atoms with van der Waals surface area (Å²) in [5, 5.41) is 10.0. The number of aromatic carboxylic acids is 1. The predicted molar refractivity (Wildman–Crippen MR) is 124 cm³/mol. The molecule has 0 aliphatic heterocycles. The Labute approximate surface area is 182 Å². The van der Waals surface area contributed by atoms with Gasteiger partial charge in [-0.25, -0.2) is 9.78 Å². The van der Waals surface area contributed by atoms with E-state index >= 15 is 0 Å². The van der Waals surface area contributed by atoms with Crippen molar-refractivity contribution in [1.82, 2.24) is 4.98 Å². The smallest absolute Gasteiger partial charge is 0.335 e. The van der Waals surface area contributed by atoms with Gasteiger partial charge in [-0.3, -0.25) is 0 Å². The van der Waals surface area contributed by atoms with E-state index in [1.165, 1.54) is 34.4 Å². The number of carboxylic acids is 1. The molecule has 1 aliphatic rings. The second-order valence-corrected chi connectivity index (χ2v) is 10.8. The molecule has 1 aromatic heterocycles. The molecule has 0 bridgehead atoms. The summed E-state index contributed by atoms with van der Waals surface area (Å²) in [7, 11) is 0. The van der Waals surface area contributed by atoms with Crippen molar-refractivity contribution in [3.8, 4) is 10.6 Å². The van der Waals surface area contributed by atoms with Crippen molar-refractivity contribution in [1.29, 1.82) is 0 Å². The Kier molecular flexibility index (Phi) is 5.09. The molecule has 1 N–H and O–H groups in total. The Hall–Kier alpha value is -2.46. The maximum Gasteiger partial charge on any atom is 0.335 e. The van der Waals surface area contributed by atoms with Crippen LogP contribution in [-0.4, -0.2) is 16.1 Å². The molecule has 3 aromatic rings. The second kappa shape index (κ2) is 7.35. The summed E-state index contributed by atoms with van der Waals surface area (Å²) < 4.78 is 0. The summed E-state index contributed by atoms with van der Waals surface area (Å²) in [5.41, 5.74) is 6.01. The highest BCUT2D eigenvalue weighted by molar-refractivity contribution is 7.15. The molecule has 0 fully saturated rings. The van der Waals surface area contributed by atoms with Crippen LogP contribution in [0.5, 0.6) is 0 Å². The van der Waals surface area contributed by atoms with Gasteiger partial charge in [-0.05, 0) is 52.5 Å². The van der Waals surface area contributed by atoms with Gasteiger partial charge in [-0.2, -0.15) is 0 Å². The topological polar surface area (TPSA) is 50.2 Å². The molecule has 0 radical (unpaired) electrons. The number of carbonyl (C=O) groups is 1. The second-order valence-electron chi connectivity index (χ2n) is 9.71. The first-order chi connectivity index (χ1) is 14.1. The van der Waals surface area contributed by atoms with Gasteiger partial charge in [0.15, 0.2) is 0 Å². The average Bonchev–Trinajstić information content (AvgIpc) is 3.21. The number of carboxylic acid groups (broad SMARTS) is 1. The molecule has 156 valence electrons. The number of nitrogens with zero attached hydrogens (tertiary/aromatic N) is 1. The Morgan fingerprint density at radius 2 is 1.70 bits per heavy atom. The third kappa shape index (κ3) is 3.58. The number of fused-ring (bicyclic) bond motifs is 1. The standard InChI is InChI=1S/C26H29NO2S/c1-16(19-7-6-8-20-22(19)26(4,5)14-13-25(20,2)3)21-15-27-23(30-21)17-9-11-18(12-10-17)24(28)29/h6-12,15-16H,13-14H2,1-5H3,(H,28,29). The van der Waals surface area contributed by atoms with Gasteiger partial charge in [-0.15, -0.1) is 11.3 Å². The van der Waals surface area contributed by atoms with Gasteiger partial charge in [0.05, 0.1) is 5.56 Å². The molecule has 1 unspecified atom stereocenters. The Bertz CT molecular complexity index is 1090. The summed E-state index contributed by atoms with van der Waals surface area (Å²) in [6, 6.07) is 13.8. The van der Waals surface area contributed by atoms with E-state index in [0.29, 0.717) is 5.56 Å². The molecular formula is C26H29NO2S. The molecule has 3 nitrogen and oxygen atoms in total. The minimum absolute atomic E-state index is 0.163. The zero-order valence-corrected chi connectivity index (χ0v) is 19.1. The molecule has 0 saturated heterocycles. The molecule has 1 atom stereocenters. The fourth-order valence-corrected chi connectivity index (χ4v) is 5.66. The fourth-order valence-electron chi connectivity index (χ4n) is 4.66. The molecule has 0 amide bonds. The van der Waals surface area contributed by atoms with Crippen molar-refractivity contribution in [3.05, 3.63) is 75.8 Å².